The number of carbonyl (C=O) groups excluding carboxylic acids is 1. The van der Waals surface area contributed by atoms with Crippen LogP contribution >= 0.6 is 23.4 Å². The van der Waals surface area contributed by atoms with E-state index in [0.29, 0.717) is 5.69 Å². The van der Waals surface area contributed by atoms with Gasteiger partial charge in [0.2, 0.25) is 5.91 Å². The van der Waals surface area contributed by atoms with Crippen LogP contribution in [-0.4, -0.2) is 30.9 Å². The standard InChI is InChI=1S/C20H22ClN5OS/c1-4-11-26-18(15-8-5-7-13(2)12-15)24-25-20(26)28-14(3)19(27)23-16-9-6-10-22-17(16)21/h5-10,12,14H,4,11H2,1-3H3,(H,23,27)/t14-/m0/s1. The number of carbonyl (C=O) groups is 1. The quantitative estimate of drug-likeness (QED) is 0.442. The summed E-state index contributed by atoms with van der Waals surface area (Å²) in [5, 5.41) is 12.2. The Labute approximate surface area is 173 Å². The van der Waals surface area contributed by atoms with Crippen LogP contribution in [0.5, 0.6) is 0 Å². The Morgan fingerprint density at radius 1 is 1.29 bits per heavy atom. The van der Waals surface area contributed by atoms with Crippen LogP contribution in [0.25, 0.3) is 11.4 Å². The van der Waals surface area contributed by atoms with Crippen molar-refractivity contribution in [3.63, 3.8) is 0 Å². The second kappa shape index (κ2) is 9.21. The lowest BCUT2D eigenvalue weighted by Crippen LogP contribution is -2.23. The number of anilines is 1. The molecule has 1 amide bonds. The second-order valence-electron chi connectivity index (χ2n) is 6.42. The second-order valence-corrected chi connectivity index (χ2v) is 8.08. The van der Waals surface area contributed by atoms with E-state index in [1.165, 1.54) is 17.3 Å². The highest BCUT2D eigenvalue weighted by Crippen LogP contribution is 2.28. The summed E-state index contributed by atoms with van der Waals surface area (Å²) < 4.78 is 2.07. The number of amides is 1. The number of aryl methyl sites for hydroxylation is 1. The van der Waals surface area contributed by atoms with Gasteiger partial charge in [0, 0.05) is 18.3 Å². The zero-order chi connectivity index (χ0) is 20.1. The van der Waals surface area contributed by atoms with Crippen molar-refractivity contribution < 1.29 is 4.79 Å². The van der Waals surface area contributed by atoms with Crippen LogP contribution in [0.1, 0.15) is 25.8 Å². The lowest BCUT2D eigenvalue weighted by atomic mass is 10.1. The van der Waals surface area contributed by atoms with E-state index in [9.17, 15) is 4.79 Å². The van der Waals surface area contributed by atoms with Crippen LogP contribution in [-0.2, 0) is 11.3 Å². The smallest absolute Gasteiger partial charge is 0.237 e. The molecule has 8 heteroatoms. The van der Waals surface area contributed by atoms with Crippen molar-refractivity contribution in [1.29, 1.82) is 0 Å². The van der Waals surface area contributed by atoms with E-state index in [1.807, 2.05) is 19.1 Å². The Bertz CT molecular complexity index is 975. The summed E-state index contributed by atoms with van der Waals surface area (Å²) in [5.74, 6) is 0.652. The van der Waals surface area contributed by atoms with Gasteiger partial charge in [0.25, 0.3) is 0 Å². The minimum Gasteiger partial charge on any atom is -0.322 e. The van der Waals surface area contributed by atoms with Crippen molar-refractivity contribution in [2.75, 3.05) is 5.32 Å². The molecule has 2 heterocycles. The number of nitrogens with one attached hydrogen (secondary N) is 1. The van der Waals surface area contributed by atoms with Crippen molar-refractivity contribution in [3.8, 4) is 11.4 Å². The zero-order valence-electron chi connectivity index (χ0n) is 16.0. The fraction of sp³-hybridized carbons (Fsp3) is 0.300. The highest BCUT2D eigenvalue weighted by molar-refractivity contribution is 8.00. The molecule has 3 rings (SSSR count). The molecular weight excluding hydrogens is 394 g/mol. The fourth-order valence-electron chi connectivity index (χ4n) is 2.72. The normalized spacial score (nSPS) is 12.0. The molecule has 1 aromatic carbocycles. The zero-order valence-corrected chi connectivity index (χ0v) is 17.6. The van der Waals surface area contributed by atoms with Crippen LogP contribution in [0.2, 0.25) is 5.15 Å². The summed E-state index contributed by atoms with van der Waals surface area (Å²) in [6.45, 7) is 6.77. The fourth-order valence-corrected chi connectivity index (χ4v) is 3.77. The monoisotopic (exact) mass is 415 g/mol. The average molecular weight is 416 g/mol. The van der Waals surface area contributed by atoms with Gasteiger partial charge in [-0.25, -0.2) is 4.98 Å². The topological polar surface area (TPSA) is 72.7 Å². The number of hydrogen-bond donors (Lipinski definition) is 1. The van der Waals surface area contributed by atoms with Crippen LogP contribution in [0.3, 0.4) is 0 Å². The van der Waals surface area contributed by atoms with E-state index < -0.39 is 0 Å². The molecule has 1 atom stereocenters. The van der Waals surface area contributed by atoms with E-state index in [0.717, 1.165) is 29.5 Å². The molecule has 3 aromatic rings. The minimum absolute atomic E-state index is 0.164. The molecule has 0 radical (unpaired) electrons. The molecule has 0 fully saturated rings. The van der Waals surface area contributed by atoms with Crippen molar-refractivity contribution in [1.82, 2.24) is 19.7 Å². The third-order valence-electron chi connectivity index (χ3n) is 4.11. The third kappa shape index (κ3) is 4.72. The Hall–Kier alpha value is -2.38. The summed E-state index contributed by atoms with van der Waals surface area (Å²) in [7, 11) is 0. The predicted molar refractivity (Wildman–Crippen MR) is 114 cm³/mol. The molecule has 0 aliphatic carbocycles. The molecule has 0 saturated carbocycles. The molecule has 0 saturated heterocycles. The van der Waals surface area contributed by atoms with Crippen LogP contribution in [0.4, 0.5) is 5.69 Å². The molecule has 0 unspecified atom stereocenters. The summed E-state index contributed by atoms with van der Waals surface area (Å²) in [6, 6.07) is 11.6. The van der Waals surface area contributed by atoms with Gasteiger partial charge in [-0.3, -0.25) is 4.79 Å². The Balaban J connectivity index is 1.79. The number of nitrogens with zero attached hydrogens (tertiary/aromatic N) is 4. The van der Waals surface area contributed by atoms with E-state index in [4.69, 9.17) is 11.6 Å². The van der Waals surface area contributed by atoms with Crippen molar-refractivity contribution in [2.24, 2.45) is 0 Å². The lowest BCUT2D eigenvalue weighted by molar-refractivity contribution is -0.115. The largest absolute Gasteiger partial charge is 0.322 e. The molecule has 28 heavy (non-hydrogen) atoms. The maximum absolute atomic E-state index is 12.6. The maximum atomic E-state index is 12.6. The number of thioether (sulfide) groups is 1. The van der Waals surface area contributed by atoms with Gasteiger partial charge in [0.05, 0.1) is 10.9 Å². The summed E-state index contributed by atoms with van der Waals surface area (Å²) >= 11 is 7.40. The molecule has 2 aromatic heterocycles. The number of pyridine rings is 1. The molecule has 0 spiro atoms. The minimum atomic E-state index is -0.374. The first kappa shape index (κ1) is 20.4. The van der Waals surface area contributed by atoms with Gasteiger partial charge in [-0.05, 0) is 38.5 Å². The number of benzene rings is 1. The van der Waals surface area contributed by atoms with Crippen LogP contribution < -0.4 is 5.32 Å². The first-order valence-corrected chi connectivity index (χ1v) is 10.3. The summed E-state index contributed by atoms with van der Waals surface area (Å²) in [5.41, 5.74) is 2.68. The Morgan fingerprint density at radius 3 is 2.82 bits per heavy atom. The summed E-state index contributed by atoms with van der Waals surface area (Å²) in [4.78, 5) is 16.6. The molecule has 6 nitrogen and oxygen atoms in total. The SMILES string of the molecule is CCCn1c(S[C@@H](C)C(=O)Nc2cccnc2Cl)nnc1-c1cccc(C)c1. The predicted octanol–water partition coefficient (Wildman–Crippen LogP) is 4.83. The van der Waals surface area contributed by atoms with E-state index in [2.05, 4.69) is 51.0 Å². The van der Waals surface area contributed by atoms with Gasteiger partial charge >= 0.3 is 0 Å². The molecule has 146 valence electrons. The molecule has 0 aliphatic rings. The first-order valence-electron chi connectivity index (χ1n) is 9.08. The highest BCUT2D eigenvalue weighted by atomic mass is 35.5. The van der Waals surface area contributed by atoms with Gasteiger partial charge in [-0.1, -0.05) is 54.0 Å². The Kier molecular flexibility index (Phi) is 6.70. The molecule has 0 aliphatic heterocycles. The van der Waals surface area contributed by atoms with Crippen molar-refractivity contribution in [3.05, 3.63) is 53.3 Å². The van der Waals surface area contributed by atoms with Crippen molar-refractivity contribution >= 4 is 35.0 Å². The number of hydrogen-bond acceptors (Lipinski definition) is 5. The van der Waals surface area contributed by atoms with Crippen LogP contribution in [0, 0.1) is 6.92 Å². The Morgan fingerprint density at radius 2 is 2.11 bits per heavy atom. The lowest BCUT2D eigenvalue weighted by Gasteiger charge is -2.14. The maximum Gasteiger partial charge on any atom is 0.237 e. The number of rotatable bonds is 7. The van der Waals surface area contributed by atoms with Crippen LogP contribution in [0.15, 0.2) is 47.8 Å². The molecule has 0 bridgehead atoms. The van der Waals surface area contributed by atoms with E-state index in [1.54, 1.807) is 18.3 Å². The third-order valence-corrected chi connectivity index (χ3v) is 5.49. The van der Waals surface area contributed by atoms with Gasteiger partial charge in [0.15, 0.2) is 16.1 Å². The number of aromatic nitrogens is 4. The van der Waals surface area contributed by atoms with Crippen molar-refractivity contribution in [2.45, 2.75) is 44.1 Å². The highest BCUT2D eigenvalue weighted by Gasteiger charge is 2.21. The molecule has 1 N–H and O–H groups in total. The van der Waals surface area contributed by atoms with Gasteiger partial charge < -0.3 is 9.88 Å². The molecular formula is C20H22ClN5OS. The van der Waals surface area contributed by atoms with Gasteiger partial charge in [-0.2, -0.15) is 0 Å². The van der Waals surface area contributed by atoms with E-state index in [-0.39, 0.29) is 16.3 Å². The van der Waals surface area contributed by atoms with Gasteiger partial charge in [-0.15, -0.1) is 10.2 Å². The average Bonchev–Trinajstić information content (AvgIpc) is 3.06. The van der Waals surface area contributed by atoms with Gasteiger partial charge in [0.1, 0.15) is 0 Å². The number of halogens is 1. The first-order chi connectivity index (χ1) is 13.5. The van der Waals surface area contributed by atoms with E-state index >= 15 is 0 Å². The summed E-state index contributed by atoms with van der Waals surface area (Å²) in [6.07, 6.45) is 2.52.